The number of amides is 2. The zero-order valence-corrected chi connectivity index (χ0v) is 30.6. The van der Waals surface area contributed by atoms with Gasteiger partial charge in [-0.05, 0) is 56.9 Å². The van der Waals surface area contributed by atoms with E-state index < -0.39 is 43.7 Å². The van der Waals surface area contributed by atoms with Gasteiger partial charge in [-0.1, -0.05) is 61.7 Å². The molecule has 0 spiro atoms. The highest BCUT2D eigenvalue weighted by molar-refractivity contribution is 7.89. The third-order valence-corrected chi connectivity index (χ3v) is 11.4. The fraction of sp³-hybridized carbons (Fsp3) is 0.405. The van der Waals surface area contributed by atoms with Gasteiger partial charge in [-0.25, -0.2) is 12.7 Å². The first-order valence-corrected chi connectivity index (χ1v) is 20.2. The Morgan fingerprint density at radius 3 is 2.00 bits per heavy atom. The molecule has 3 N–H and O–H groups in total. The Labute approximate surface area is 299 Å². The molecule has 14 heteroatoms. The Bertz CT molecular complexity index is 2030. The van der Waals surface area contributed by atoms with Crippen LogP contribution in [0.25, 0.3) is 21.8 Å². The number of pyridine rings is 1. The van der Waals surface area contributed by atoms with Crippen LogP contribution in [0.4, 0.5) is 0 Å². The molecule has 0 bridgehead atoms. The zero-order valence-electron chi connectivity index (χ0n) is 29.0. The summed E-state index contributed by atoms with van der Waals surface area (Å²) >= 11 is 0. The van der Waals surface area contributed by atoms with E-state index in [-0.39, 0.29) is 48.7 Å². The van der Waals surface area contributed by atoms with Crippen LogP contribution in [0.1, 0.15) is 74.2 Å². The van der Waals surface area contributed by atoms with Gasteiger partial charge in [-0.15, -0.1) is 0 Å². The molecule has 1 heterocycles. The maximum absolute atomic E-state index is 14.7. The number of rotatable bonds is 19. The van der Waals surface area contributed by atoms with E-state index in [1.807, 2.05) is 18.4 Å². The number of unbranched alkanes of at least 4 members (excludes halogenated alkanes) is 1. The van der Waals surface area contributed by atoms with Crippen molar-refractivity contribution in [1.29, 1.82) is 0 Å². The van der Waals surface area contributed by atoms with Crippen molar-refractivity contribution in [2.75, 3.05) is 18.8 Å². The highest BCUT2D eigenvalue weighted by atomic mass is 32.2. The molecule has 0 radical (unpaired) electrons. The quantitative estimate of drug-likeness (QED) is 0.0500. The molecule has 1 aromatic heterocycles. The minimum atomic E-state index is -4.38. The van der Waals surface area contributed by atoms with E-state index in [1.165, 1.54) is 12.1 Å². The van der Waals surface area contributed by atoms with Crippen LogP contribution in [-0.2, 0) is 36.3 Å². The van der Waals surface area contributed by atoms with Crippen LogP contribution < -0.4 is 9.88 Å². The number of hydrogen-bond donors (Lipinski definition) is 3. The van der Waals surface area contributed by atoms with Gasteiger partial charge < -0.3 is 10.4 Å². The molecule has 1 atom stereocenters. The monoisotopic (exact) mass is 740 g/mol. The summed E-state index contributed by atoms with van der Waals surface area (Å²) in [7, 11) is -8.58. The van der Waals surface area contributed by atoms with Gasteiger partial charge in [0.25, 0.3) is 26.0 Å². The first-order valence-electron chi connectivity index (χ1n) is 17.2. The maximum Gasteiger partial charge on any atom is 0.306 e. The Hall–Kier alpha value is -4.40. The molecule has 3 aromatic carbocycles. The second-order valence-corrected chi connectivity index (χ2v) is 16.1. The van der Waals surface area contributed by atoms with Gasteiger partial charge in [0.1, 0.15) is 0 Å². The molecule has 1 unspecified atom stereocenters. The molecule has 2 amide bonds. The van der Waals surface area contributed by atoms with E-state index in [9.17, 15) is 40.9 Å². The second-order valence-electron chi connectivity index (χ2n) is 12.7. The number of carbonyl (C=O) groups excluding carboxylic acids is 2. The molecule has 4 aromatic rings. The number of nitrogens with zero attached hydrogens (tertiary/aromatic N) is 2. The van der Waals surface area contributed by atoms with Crippen molar-refractivity contribution in [3.63, 3.8) is 0 Å². The largest absolute Gasteiger partial charge is 0.481 e. The van der Waals surface area contributed by atoms with E-state index in [4.69, 9.17) is 0 Å². The summed E-state index contributed by atoms with van der Waals surface area (Å²) in [6.45, 7) is 4.05. The standard InChI is InChI=1S/C37H45N3O9S2/c1-3-12-28(37(43)44)13-8-9-23-38-34(41)18-10-25-40(51(48,49)29-21-19-27(2)20-22-29)36(42)35-30-14-4-6-16-32(30)39(24-11-26-50(45,46)47)33-17-7-5-15-31(33)35/h4-7,14-17,19-22,28H,3,8-13,18,23-26H2,1-2H3,(H2-,38,41,43,44,45,46,47)/p+1. The van der Waals surface area contributed by atoms with Crippen LogP contribution in [0.15, 0.2) is 77.7 Å². The number of aliphatic carboxylic acids is 1. The number of sulfonamides is 1. The zero-order chi connectivity index (χ0) is 37.2. The van der Waals surface area contributed by atoms with Crippen molar-refractivity contribution < 1.29 is 45.4 Å². The van der Waals surface area contributed by atoms with Gasteiger partial charge in [0.15, 0.2) is 6.54 Å². The summed E-state index contributed by atoms with van der Waals surface area (Å²) in [4.78, 5) is 38.7. The van der Waals surface area contributed by atoms with E-state index >= 15 is 0 Å². The van der Waals surface area contributed by atoms with E-state index in [1.54, 1.807) is 60.7 Å². The topological polar surface area (TPSA) is 179 Å². The summed E-state index contributed by atoms with van der Waals surface area (Å²) < 4.78 is 63.3. The second kappa shape index (κ2) is 17.7. The smallest absolute Gasteiger partial charge is 0.306 e. The number of carboxylic acid groups (broad SMARTS) is 1. The SMILES string of the molecule is CCCC(CCCCNC(=O)CCCN(C(=O)c1c2ccccc2[n+](CCCS(=O)(=O)O)c2ccccc12)S(=O)(=O)c1ccc(C)cc1)C(=O)O. The average Bonchev–Trinajstić information content (AvgIpc) is 3.08. The van der Waals surface area contributed by atoms with Crippen LogP contribution in [-0.4, -0.2) is 67.4 Å². The third kappa shape index (κ3) is 10.3. The minimum Gasteiger partial charge on any atom is -0.481 e. The van der Waals surface area contributed by atoms with Gasteiger partial charge in [0, 0.05) is 38.1 Å². The molecule has 51 heavy (non-hydrogen) atoms. The van der Waals surface area contributed by atoms with Crippen LogP contribution in [0.2, 0.25) is 0 Å². The van der Waals surface area contributed by atoms with Gasteiger partial charge >= 0.3 is 5.97 Å². The van der Waals surface area contributed by atoms with Crippen LogP contribution in [0.3, 0.4) is 0 Å². The first-order chi connectivity index (χ1) is 24.2. The molecule has 0 aliphatic rings. The molecule has 0 saturated carbocycles. The Kier molecular flexibility index (Phi) is 13.7. The summed E-state index contributed by atoms with van der Waals surface area (Å²) in [6.07, 6.45) is 3.28. The summed E-state index contributed by atoms with van der Waals surface area (Å²) in [6, 6.07) is 20.1. The summed E-state index contributed by atoms with van der Waals surface area (Å²) in [5.74, 6) is -2.75. The molecular formula is C37H46N3O9S2+. The fourth-order valence-electron chi connectivity index (χ4n) is 6.24. The molecule has 0 aliphatic heterocycles. The highest BCUT2D eigenvalue weighted by Crippen LogP contribution is 2.29. The van der Waals surface area contributed by atoms with Crippen LogP contribution >= 0.6 is 0 Å². The molecule has 0 fully saturated rings. The van der Waals surface area contributed by atoms with Crippen molar-refractivity contribution in [2.24, 2.45) is 5.92 Å². The number of hydrogen-bond acceptors (Lipinski definition) is 7. The number of carboxylic acids is 1. The van der Waals surface area contributed by atoms with Gasteiger partial charge in [-0.2, -0.15) is 13.0 Å². The van der Waals surface area contributed by atoms with Crippen LogP contribution in [0.5, 0.6) is 0 Å². The molecule has 0 aliphatic carbocycles. The van der Waals surface area contributed by atoms with Gasteiger partial charge in [-0.3, -0.25) is 18.9 Å². The van der Waals surface area contributed by atoms with E-state index in [2.05, 4.69) is 5.32 Å². The molecule has 4 rings (SSSR count). The Morgan fingerprint density at radius 2 is 1.43 bits per heavy atom. The molecule has 274 valence electrons. The minimum absolute atomic E-state index is 0.0369. The molecular weight excluding hydrogens is 695 g/mol. The van der Waals surface area contributed by atoms with Crippen molar-refractivity contribution in [3.05, 3.63) is 83.9 Å². The number of aromatic nitrogens is 1. The van der Waals surface area contributed by atoms with Gasteiger partial charge in [0.05, 0.1) is 32.9 Å². The summed E-state index contributed by atoms with van der Waals surface area (Å²) in [5, 5.41) is 13.1. The Balaban J connectivity index is 1.62. The lowest BCUT2D eigenvalue weighted by Crippen LogP contribution is -2.41. The van der Waals surface area contributed by atoms with Crippen molar-refractivity contribution in [1.82, 2.24) is 9.62 Å². The number of aryl methyl sites for hydroxylation is 2. The lowest BCUT2D eigenvalue weighted by atomic mass is 9.97. The van der Waals surface area contributed by atoms with E-state index in [0.717, 1.165) is 16.3 Å². The van der Waals surface area contributed by atoms with Crippen molar-refractivity contribution >= 4 is 59.7 Å². The third-order valence-electron chi connectivity index (χ3n) is 8.81. The maximum atomic E-state index is 14.7. The number of para-hydroxylation sites is 2. The predicted molar refractivity (Wildman–Crippen MR) is 194 cm³/mol. The van der Waals surface area contributed by atoms with Crippen molar-refractivity contribution in [2.45, 2.75) is 76.7 Å². The fourth-order valence-corrected chi connectivity index (χ4v) is 8.15. The normalized spacial score (nSPS) is 12.5. The number of carbonyl (C=O) groups is 3. The average molecular weight is 741 g/mol. The molecule has 0 saturated heterocycles. The molecule has 12 nitrogen and oxygen atoms in total. The first kappa shape index (κ1) is 39.4. The number of benzene rings is 3. The highest BCUT2D eigenvalue weighted by Gasteiger charge is 2.34. The summed E-state index contributed by atoms with van der Waals surface area (Å²) in [5.41, 5.74) is 2.14. The van der Waals surface area contributed by atoms with Gasteiger partial charge in [0.2, 0.25) is 16.9 Å². The number of fused-ring (bicyclic) bond motifs is 2. The van der Waals surface area contributed by atoms with E-state index in [0.29, 0.717) is 54.0 Å². The Morgan fingerprint density at radius 1 is 0.824 bits per heavy atom. The van der Waals surface area contributed by atoms with Crippen LogP contribution in [0, 0.1) is 12.8 Å². The lowest BCUT2D eigenvalue weighted by Gasteiger charge is -2.24. The predicted octanol–water partition coefficient (Wildman–Crippen LogP) is 5.27. The van der Waals surface area contributed by atoms with Crippen molar-refractivity contribution in [3.8, 4) is 0 Å². The number of nitrogens with one attached hydrogen (secondary N) is 1. The lowest BCUT2D eigenvalue weighted by molar-refractivity contribution is -0.645.